The number of sulfonamides is 1. The molecule has 6 nitrogen and oxygen atoms in total. The van der Waals surface area contributed by atoms with E-state index >= 15 is 0 Å². The summed E-state index contributed by atoms with van der Waals surface area (Å²) in [5, 5.41) is 2.89. The molecule has 2 fully saturated rings. The van der Waals surface area contributed by atoms with Crippen LogP contribution in [0.4, 0.5) is 0 Å². The number of carbonyl (C=O) groups is 1. The summed E-state index contributed by atoms with van der Waals surface area (Å²) in [7, 11) is -2.25. The number of benzene rings is 1. The molecule has 0 aromatic heterocycles. The molecule has 1 atom stereocenters. The summed E-state index contributed by atoms with van der Waals surface area (Å²) in [5.41, 5.74) is 0.353. The van der Waals surface area contributed by atoms with Crippen molar-refractivity contribution >= 4 is 15.9 Å². The lowest BCUT2D eigenvalue weighted by atomic mass is 10.1. The monoisotopic (exact) mass is 352 g/mol. The first kappa shape index (κ1) is 17.2. The third kappa shape index (κ3) is 3.42. The molecule has 0 bridgehead atoms. The number of rotatable bonds is 5. The zero-order valence-corrected chi connectivity index (χ0v) is 14.9. The molecule has 0 radical (unpaired) electrons. The molecule has 132 valence electrons. The van der Waals surface area contributed by atoms with Gasteiger partial charge in [0.05, 0.1) is 7.11 Å². The number of nitrogens with one attached hydrogen (secondary N) is 1. The Morgan fingerprint density at radius 3 is 2.62 bits per heavy atom. The lowest BCUT2D eigenvalue weighted by molar-refractivity contribution is 0.0951. The van der Waals surface area contributed by atoms with E-state index in [1.165, 1.54) is 17.5 Å². The van der Waals surface area contributed by atoms with E-state index < -0.39 is 10.0 Å². The Morgan fingerprint density at radius 1 is 1.25 bits per heavy atom. The number of nitrogens with zero attached hydrogens (tertiary/aromatic N) is 1. The Hall–Kier alpha value is -1.60. The molecule has 1 amide bonds. The molecule has 1 aliphatic heterocycles. The molecular formula is C17H24N2O4S. The Bertz CT molecular complexity index is 728. The molecule has 2 aliphatic rings. The first-order valence-electron chi connectivity index (χ1n) is 8.44. The summed E-state index contributed by atoms with van der Waals surface area (Å²) in [6.45, 7) is 2.43. The van der Waals surface area contributed by atoms with Crippen molar-refractivity contribution in [1.29, 1.82) is 0 Å². The van der Waals surface area contributed by atoms with Crippen LogP contribution in [0.2, 0.25) is 0 Å². The first-order valence-corrected chi connectivity index (χ1v) is 9.88. The zero-order chi connectivity index (χ0) is 17.3. The highest BCUT2D eigenvalue weighted by Crippen LogP contribution is 2.32. The van der Waals surface area contributed by atoms with Gasteiger partial charge in [0.25, 0.3) is 5.91 Å². The predicted octanol–water partition coefficient (Wildman–Crippen LogP) is 2.15. The van der Waals surface area contributed by atoms with E-state index in [1.54, 1.807) is 12.1 Å². The van der Waals surface area contributed by atoms with Crippen molar-refractivity contribution in [2.24, 2.45) is 0 Å². The normalized spacial score (nSPS) is 22.2. The van der Waals surface area contributed by atoms with E-state index in [2.05, 4.69) is 5.32 Å². The maximum Gasteiger partial charge on any atom is 0.251 e. The number of methoxy groups -OCH3 is 1. The summed E-state index contributed by atoms with van der Waals surface area (Å²) in [6, 6.07) is 4.78. The Balaban J connectivity index is 1.95. The number of carbonyl (C=O) groups excluding carboxylic acids is 1. The van der Waals surface area contributed by atoms with Gasteiger partial charge in [-0.1, -0.05) is 6.42 Å². The SMILES string of the molecule is COc1ccc(C(=O)NC2CC2)cc1S(=O)(=O)N1CCCC[C@H]1C. The van der Waals surface area contributed by atoms with Crippen LogP contribution in [0.15, 0.2) is 23.1 Å². The molecule has 7 heteroatoms. The van der Waals surface area contributed by atoms with Crippen LogP contribution in [-0.2, 0) is 10.0 Å². The summed E-state index contributed by atoms with van der Waals surface area (Å²) in [5.74, 6) is 0.0408. The largest absolute Gasteiger partial charge is 0.495 e. The fourth-order valence-electron chi connectivity index (χ4n) is 3.07. The van der Waals surface area contributed by atoms with Crippen molar-refractivity contribution in [2.75, 3.05) is 13.7 Å². The maximum atomic E-state index is 13.1. The van der Waals surface area contributed by atoms with Gasteiger partial charge < -0.3 is 10.1 Å². The van der Waals surface area contributed by atoms with Gasteiger partial charge in [0, 0.05) is 24.2 Å². The van der Waals surface area contributed by atoms with Crippen LogP contribution >= 0.6 is 0 Å². The van der Waals surface area contributed by atoms with Crippen LogP contribution in [0.3, 0.4) is 0 Å². The van der Waals surface area contributed by atoms with Gasteiger partial charge >= 0.3 is 0 Å². The van der Waals surface area contributed by atoms with E-state index in [-0.39, 0.29) is 28.6 Å². The van der Waals surface area contributed by atoms with Gasteiger partial charge in [-0.3, -0.25) is 4.79 Å². The van der Waals surface area contributed by atoms with E-state index in [0.29, 0.717) is 12.1 Å². The maximum absolute atomic E-state index is 13.1. The van der Waals surface area contributed by atoms with Crippen LogP contribution in [0, 0.1) is 0 Å². The fourth-order valence-corrected chi connectivity index (χ4v) is 4.95. The molecule has 1 heterocycles. The summed E-state index contributed by atoms with van der Waals surface area (Å²) < 4.78 is 33.0. The van der Waals surface area contributed by atoms with Crippen molar-refractivity contribution in [1.82, 2.24) is 9.62 Å². The second-order valence-corrected chi connectivity index (χ2v) is 8.43. The van der Waals surface area contributed by atoms with Crippen LogP contribution in [-0.4, -0.2) is 44.4 Å². The van der Waals surface area contributed by atoms with Gasteiger partial charge in [0.2, 0.25) is 10.0 Å². The summed E-state index contributed by atoms with van der Waals surface area (Å²) >= 11 is 0. The number of piperidine rings is 1. The standard InChI is InChI=1S/C17H24N2O4S/c1-12-5-3-4-10-19(12)24(21,22)16-11-13(6-9-15(16)23-2)17(20)18-14-7-8-14/h6,9,11-12,14H,3-5,7-8,10H2,1-2H3,(H,18,20)/t12-/m1/s1. The highest BCUT2D eigenvalue weighted by atomic mass is 32.2. The summed E-state index contributed by atoms with van der Waals surface area (Å²) in [6.07, 6.45) is 4.71. The lowest BCUT2D eigenvalue weighted by Crippen LogP contribution is -2.42. The van der Waals surface area contributed by atoms with Crippen LogP contribution < -0.4 is 10.1 Å². The van der Waals surface area contributed by atoms with E-state index in [9.17, 15) is 13.2 Å². The fraction of sp³-hybridized carbons (Fsp3) is 0.588. The quantitative estimate of drug-likeness (QED) is 0.881. The second kappa shape index (κ2) is 6.72. The molecule has 1 N–H and O–H groups in total. The number of ether oxygens (including phenoxy) is 1. The third-order valence-corrected chi connectivity index (χ3v) is 6.70. The molecule has 1 saturated heterocycles. The molecule has 3 rings (SSSR count). The zero-order valence-electron chi connectivity index (χ0n) is 14.1. The lowest BCUT2D eigenvalue weighted by Gasteiger charge is -2.32. The Morgan fingerprint density at radius 2 is 2.00 bits per heavy atom. The predicted molar refractivity (Wildman–Crippen MR) is 90.7 cm³/mol. The van der Waals surface area contributed by atoms with Crippen molar-refractivity contribution in [3.63, 3.8) is 0 Å². The first-order chi connectivity index (χ1) is 11.4. The smallest absolute Gasteiger partial charge is 0.251 e. The van der Waals surface area contributed by atoms with Gasteiger partial charge in [-0.2, -0.15) is 4.31 Å². The van der Waals surface area contributed by atoms with Gasteiger partial charge in [0.1, 0.15) is 10.6 Å². The molecule has 1 saturated carbocycles. The molecule has 1 aliphatic carbocycles. The molecule has 24 heavy (non-hydrogen) atoms. The minimum atomic E-state index is -3.69. The van der Waals surface area contributed by atoms with Crippen molar-refractivity contribution in [3.8, 4) is 5.75 Å². The topological polar surface area (TPSA) is 75.7 Å². The number of hydrogen-bond acceptors (Lipinski definition) is 4. The van der Waals surface area contributed by atoms with Gasteiger partial charge in [-0.15, -0.1) is 0 Å². The molecule has 0 spiro atoms. The van der Waals surface area contributed by atoms with Gasteiger partial charge in [0.15, 0.2) is 0 Å². The van der Waals surface area contributed by atoms with Crippen LogP contribution in [0.25, 0.3) is 0 Å². The molecular weight excluding hydrogens is 328 g/mol. The van der Waals surface area contributed by atoms with E-state index in [4.69, 9.17) is 4.74 Å². The van der Waals surface area contributed by atoms with Crippen LogP contribution in [0.1, 0.15) is 49.4 Å². The Labute approximate surface area is 143 Å². The van der Waals surface area contributed by atoms with Gasteiger partial charge in [-0.05, 0) is 50.8 Å². The minimum absolute atomic E-state index is 0.0441. The van der Waals surface area contributed by atoms with E-state index in [1.807, 2.05) is 6.92 Å². The average molecular weight is 352 g/mol. The number of hydrogen-bond donors (Lipinski definition) is 1. The highest BCUT2D eigenvalue weighted by Gasteiger charge is 2.34. The van der Waals surface area contributed by atoms with Gasteiger partial charge in [-0.25, -0.2) is 8.42 Å². The highest BCUT2D eigenvalue weighted by molar-refractivity contribution is 7.89. The minimum Gasteiger partial charge on any atom is -0.495 e. The number of amides is 1. The molecule has 0 unspecified atom stereocenters. The van der Waals surface area contributed by atoms with Crippen molar-refractivity contribution < 1.29 is 17.9 Å². The summed E-state index contributed by atoms with van der Waals surface area (Å²) in [4.78, 5) is 12.3. The third-order valence-electron chi connectivity index (χ3n) is 4.67. The van der Waals surface area contributed by atoms with Crippen molar-refractivity contribution in [2.45, 2.75) is 56.0 Å². The molecule has 1 aromatic carbocycles. The average Bonchev–Trinajstić information content (AvgIpc) is 3.38. The van der Waals surface area contributed by atoms with Crippen molar-refractivity contribution in [3.05, 3.63) is 23.8 Å². The second-order valence-electron chi connectivity index (χ2n) is 6.57. The Kier molecular flexibility index (Phi) is 4.83. The molecule has 1 aromatic rings. The van der Waals surface area contributed by atoms with Crippen LogP contribution in [0.5, 0.6) is 5.75 Å². The van der Waals surface area contributed by atoms with E-state index in [0.717, 1.165) is 32.1 Å².